The molecule has 0 N–H and O–H groups in total. The Bertz CT molecular complexity index is 1090. The Balaban J connectivity index is 1.18. The summed E-state index contributed by atoms with van der Waals surface area (Å²) in [6.45, 7) is 2.25. The van der Waals surface area contributed by atoms with E-state index in [1.54, 1.807) is 18.2 Å². The average Bonchev–Trinajstić information content (AvgIpc) is 3.29. The minimum atomic E-state index is -3.32. The van der Waals surface area contributed by atoms with Crippen molar-refractivity contribution in [2.45, 2.75) is 77.2 Å². The van der Waals surface area contributed by atoms with E-state index in [1.165, 1.54) is 50.7 Å². The van der Waals surface area contributed by atoms with E-state index in [9.17, 15) is 4.39 Å². The van der Waals surface area contributed by atoms with Gasteiger partial charge in [0.25, 0.3) is 0 Å². The lowest BCUT2D eigenvalue weighted by Crippen LogP contribution is -2.38. The number of nitrogens with zero attached hydrogens (tertiary/aromatic N) is 1. The highest BCUT2D eigenvalue weighted by molar-refractivity contribution is 5.76. The highest BCUT2D eigenvalue weighted by atomic mass is 19.3. The number of rotatable bonds is 7. The van der Waals surface area contributed by atoms with Crippen LogP contribution in [0.2, 0.25) is 0 Å². The first-order valence-corrected chi connectivity index (χ1v) is 13.1. The Labute approximate surface area is 205 Å². The molecule has 0 radical (unpaired) electrons. The maximum Gasteiger partial charge on any atom is 0.400 e. The van der Waals surface area contributed by atoms with E-state index in [4.69, 9.17) is 9.15 Å². The van der Waals surface area contributed by atoms with Gasteiger partial charge in [-0.25, -0.2) is 9.37 Å². The average molecular weight is 486 g/mol. The molecule has 5 rings (SSSR count). The second-order valence-electron chi connectivity index (χ2n) is 10.5. The molecule has 0 amide bonds. The summed E-state index contributed by atoms with van der Waals surface area (Å²) >= 11 is 0. The summed E-state index contributed by atoms with van der Waals surface area (Å²) in [5.74, 6) is 0.500. The Morgan fingerprint density at radius 1 is 0.943 bits per heavy atom. The van der Waals surface area contributed by atoms with Crippen molar-refractivity contribution in [2.24, 2.45) is 23.7 Å². The molecule has 2 aliphatic carbocycles. The van der Waals surface area contributed by atoms with E-state index in [2.05, 4.69) is 11.9 Å². The first-order valence-electron chi connectivity index (χ1n) is 13.1. The van der Waals surface area contributed by atoms with Crippen molar-refractivity contribution in [3.05, 3.63) is 48.3 Å². The van der Waals surface area contributed by atoms with E-state index in [0.717, 1.165) is 24.8 Å². The first kappa shape index (κ1) is 24.2. The third-order valence-electron chi connectivity index (χ3n) is 8.22. The lowest BCUT2D eigenvalue weighted by Gasteiger charge is -2.39. The SMILES string of the molecule is CCCC1CCC(C2CCC(C(F)(F)Oc3ccc(-c4nc5ccccc5o4)c(F)c3)CC2)CC1. The van der Waals surface area contributed by atoms with Crippen LogP contribution in [-0.2, 0) is 0 Å². The monoisotopic (exact) mass is 485 g/mol. The van der Waals surface area contributed by atoms with Gasteiger partial charge in [-0.05, 0) is 80.5 Å². The summed E-state index contributed by atoms with van der Waals surface area (Å²) in [7, 11) is 0. The maximum absolute atomic E-state index is 15.0. The number of benzene rings is 2. The molecule has 0 atom stereocenters. The molecular formula is C29H34F3NO2. The summed E-state index contributed by atoms with van der Waals surface area (Å²) in [5, 5.41) is 0. The number of halogens is 3. The Morgan fingerprint density at radius 2 is 1.63 bits per heavy atom. The fraction of sp³-hybridized carbons (Fsp3) is 0.552. The van der Waals surface area contributed by atoms with Gasteiger partial charge in [-0.3, -0.25) is 0 Å². The summed E-state index contributed by atoms with van der Waals surface area (Å²) in [6, 6.07) is 10.9. The van der Waals surface area contributed by atoms with Crippen molar-refractivity contribution < 1.29 is 22.3 Å². The summed E-state index contributed by atoms with van der Waals surface area (Å²) in [6.07, 6.45) is 6.90. The van der Waals surface area contributed by atoms with E-state index in [0.29, 0.717) is 35.8 Å². The van der Waals surface area contributed by atoms with E-state index >= 15 is 8.78 Å². The second-order valence-corrected chi connectivity index (χ2v) is 10.5. The van der Waals surface area contributed by atoms with Crippen LogP contribution in [0, 0.1) is 29.5 Å². The van der Waals surface area contributed by atoms with Crippen LogP contribution in [0.1, 0.15) is 71.1 Å². The maximum atomic E-state index is 15.0. The molecule has 0 bridgehead atoms. The van der Waals surface area contributed by atoms with E-state index in [-0.39, 0.29) is 17.2 Å². The molecule has 2 fully saturated rings. The molecule has 35 heavy (non-hydrogen) atoms. The van der Waals surface area contributed by atoms with Gasteiger partial charge in [0, 0.05) is 6.07 Å². The lowest BCUT2D eigenvalue weighted by molar-refractivity contribution is -0.224. The van der Waals surface area contributed by atoms with Crippen LogP contribution in [0.3, 0.4) is 0 Å². The number of ether oxygens (including phenoxy) is 1. The van der Waals surface area contributed by atoms with Crippen LogP contribution < -0.4 is 4.74 Å². The number of hydrogen-bond donors (Lipinski definition) is 0. The number of aromatic nitrogens is 1. The number of oxazole rings is 1. The quantitative estimate of drug-likeness (QED) is 0.335. The van der Waals surface area contributed by atoms with Crippen molar-refractivity contribution in [1.82, 2.24) is 4.98 Å². The second kappa shape index (κ2) is 10.2. The Hall–Kier alpha value is -2.50. The van der Waals surface area contributed by atoms with Crippen molar-refractivity contribution >= 4 is 11.1 Å². The fourth-order valence-electron chi connectivity index (χ4n) is 6.24. The Kier molecular flexibility index (Phi) is 7.08. The van der Waals surface area contributed by atoms with Gasteiger partial charge in [0.05, 0.1) is 11.5 Å². The van der Waals surface area contributed by atoms with Gasteiger partial charge in [-0.15, -0.1) is 0 Å². The summed E-state index contributed by atoms with van der Waals surface area (Å²) in [4.78, 5) is 4.28. The first-order chi connectivity index (χ1) is 16.9. The largest absolute Gasteiger partial charge is 0.436 e. The molecule has 2 aliphatic rings. The molecule has 2 aromatic carbocycles. The van der Waals surface area contributed by atoms with Gasteiger partial charge in [-0.1, -0.05) is 44.7 Å². The van der Waals surface area contributed by atoms with E-state index in [1.807, 2.05) is 6.07 Å². The van der Waals surface area contributed by atoms with Crippen LogP contribution in [0.15, 0.2) is 46.9 Å². The summed E-state index contributed by atoms with van der Waals surface area (Å²) in [5.41, 5.74) is 1.27. The van der Waals surface area contributed by atoms with Crippen molar-refractivity contribution in [1.29, 1.82) is 0 Å². The zero-order chi connectivity index (χ0) is 24.4. The normalized spacial score (nSPS) is 25.6. The minimum Gasteiger partial charge on any atom is -0.436 e. The van der Waals surface area contributed by atoms with Crippen LogP contribution in [0.25, 0.3) is 22.6 Å². The molecule has 0 unspecified atom stereocenters. The van der Waals surface area contributed by atoms with Gasteiger partial charge in [0.1, 0.15) is 17.1 Å². The summed E-state index contributed by atoms with van der Waals surface area (Å²) < 4.78 is 55.5. The molecule has 188 valence electrons. The molecule has 3 nitrogen and oxygen atoms in total. The molecule has 1 aromatic heterocycles. The van der Waals surface area contributed by atoms with Crippen molar-refractivity contribution in [2.75, 3.05) is 0 Å². The molecule has 6 heteroatoms. The highest BCUT2D eigenvalue weighted by Gasteiger charge is 2.45. The standard InChI is InChI=1S/C29H34F3NO2/c1-2-5-19-8-10-20(11-9-19)21-12-14-22(15-13-21)29(31,32)35-23-16-17-24(25(30)18-23)28-33-26-6-3-4-7-27(26)34-28/h3-4,6-7,16-22H,2,5,8-15H2,1H3. The molecule has 0 aliphatic heterocycles. The van der Waals surface area contributed by atoms with Crippen molar-refractivity contribution in [3.63, 3.8) is 0 Å². The lowest BCUT2D eigenvalue weighted by atomic mass is 9.68. The molecule has 1 heterocycles. The van der Waals surface area contributed by atoms with E-state index < -0.39 is 17.8 Å². The molecule has 0 spiro atoms. The Morgan fingerprint density at radius 3 is 2.29 bits per heavy atom. The van der Waals surface area contributed by atoms with Crippen LogP contribution in [0.4, 0.5) is 13.2 Å². The number of fused-ring (bicyclic) bond motifs is 1. The molecular weight excluding hydrogens is 451 g/mol. The fourth-order valence-corrected chi connectivity index (χ4v) is 6.24. The smallest absolute Gasteiger partial charge is 0.400 e. The zero-order valence-corrected chi connectivity index (χ0v) is 20.3. The van der Waals surface area contributed by atoms with Crippen molar-refractivity contribution in [3.8, 4) is 17.2 Å². The van der Waals surface area contributed by atoms with Crippen LogP contribution in [-0.4, -0.2) is 11.1 Å². The number of alkyl halides is 2. The predicted molar refractivity (Wildman–Crippen MR) is 131 cm³/mol. The topological polar surface area (TPSA) is 35.3 Å². The third kappa shape index (κ3) is 5.36. The van der Waals surface area contributed by atoms with Gasteiger partial charge in [-0.2, -0.15) is 8.78 Å². The zero-order valence-electron chi connectivity index (χ0n) is 20.3. The third-order valence-corrected chi connectivity index (χ3v) is 8.22. The predicted octanol–water partition coefficient (Wildman–Crippen LogP) is 9.02. The van der Waals surface area contributed by atoms with Gasteiger partial charge >= 0.3 is 6.11 Å². The molecule has 3 aromatic rings. The highest BCUT2D eigenvalue weighted by Crippen LogP contribution is 2.46. The van der Waals surface area contributed by atoms with Crippen LogP contribution >= 0.6 is 0 Å². The number of para-hydroxylation sites is 2. The van der Waals surface area contributed by atoms with Gasteiger partial charge < -0.3 is 9.15 Å². The molecule has 0 saturated heterocycles. The van der Waals surface area contributed by atoms with Crippen LogP contribution in [0.5, 0.6) is 5.75 Å². The van der Waals surface area contributed by atoms with Gasteiger partial charge in [0.2, 0.25) is 5.89 Å². The minimum absolute atomic E-state index is 0.115. The molecule has 2 saturated carbocycles. The number of hydrogen-bond acceptors (Lipinski definition) is 3. The van der Waals surface area contributed by atoms with Gasteiger partial charge in [0.15, 0.2) is 5.58 Å².